The van der Waals surface area contributed by atoms with Gasteiger partial charge in [-0.2, -0.15) is 0 Å². The molecular weight excluding hydrogens is 350 g/mol. The van der Waals surface area contributed by atoms with E-state index in [1.807, 2.05) is 0 Å². The molecule has 27 heavy (non-hydrogen) atoms. The van der Waals surface area contributed by atoms with Crippen molar-refractivity contribution in [2.24, 2.45) is 0 Å². The highest BCUT2D eigenvalue weighted by Gasteiger charge is 2.14. The number of Topliss-reactive ketones (excluding diaryl/α,β-unsaturated/α-hetero) is 1. The van der Waals surface area contributed by atoms with E-state index in [1.165, 1.54) is 44.2 Å². The van der Waals surface area contributed by atoms with Crippen LogP contribution in [0.25, 0.3) is 0 Å². The molecule has 1 N–H and O–H groups in total. The van der Waals surface area contributed by atoms with Gasteiger partial charge in [0.25, 0.3) is 0 Å². The molecule has 0 unspecified atom stereocenters. The highest BCUT2D eigenvalue weighted by Crippen LogP contribution is 2.18. The highest BCUT2D eigenvalue weighted by molar-refractivity contribution is 6.00. The first-order valence-electron chi connectivity index (χ1n) is 8.13. The van der Waals surface area contributed by atoms with Crippen molar-refractivity contribution in [2.75, 3.05) is 11.9 Å². The van der Waals surface area contributed by atoms with Crippen LogP contribution >= 0.6 is 0 Å². The Hall–Kier alpha value is -3.48. The number of carbonyl (C=O) groups is 4. The number of hydrogen-bond donors (Lipinski definition) is 1. The van der Waals surface area contributed by atoms with Gasteiger partial charge in [-0.05, 0) is 48.9 Å². The molecule has 1 amide bonds. The smallest absolute Gasteiger partial charge is 0.338 e. The van der Waals surface area contributed by atoms with Gasteiger partial charge in [0, 0.05) is 25.1 Å². The summed E-state index contributed by atoms with van der Waals surface area (Å²) in [5.41, 5.74) is 1.85. The van der Waals surface area contributed by atoms with Crippen LogP contribution in [0.15, 0.2) is 42.5 Å². The zero-order valence-corrected chi connectivity index (χ0v) is 15.2. The Morgan fingerprint density at radius 3 is 2.15 bits per heavy atom. The molecule has 0 spiro atoms. The number of rotatable bonds is 6. The standard InChI is InChI=1S/C20H19NO6/c1-12-4-5-16(10-18(12)21-13(2)22)20(25)26-11-19(24)15-6-8-17(9-7-15)27-14(3)23/h4-10H,11H2,1-3H3,(H,21,22). The lowest BCUT2D eigenvalue weighted by molar-refractivity contribution is -0.131. The third-order valence-corrected chi connectivity index (χ3v) is 3.56. The maximum absolute atomic E-state index is 12.2. The molecule has 7 heteroatoms. The summed E-state index contributed by atoms with van der Waals surface area (Å²) in [6.07, 6.45) is 0. The molecule has 2 rings (SSSR count). The highest BCUT2D eigenvalue weighted by atomic mass is 16.5. The molecule has 2 aromatic rings. The zero-order chi connectivity index (χ0) is 20.0. The summed E-state index contributed by atoms with van der Waals surface area (Å²) in [6, 6.07) is 10.7. The van der Waals surface area contributed by atoms with Gasteiger partial charge in [0.1, 0.15) is 5.75 Å². The van der Waals surface area contributed by atoms with Crippen LogP contribution in [0, 0.1) is 6.92 Å². The molecular formula is C20H19NO6. The number of hydrogen-bond acceptors (Lipinski definition) is 6. The minimum absolute atomic E-state index is 0.224. The quantitative estimate of drug-likeness (QED) is 0.477. The average Bonchev–Trinajstić information content (AvgIpc) is 2.61. The van der Waals surface area contributed by atoms with Crippen molar-refractivity contribution in [3.63, 3.8) is 0 Å². The maximum Gasteiger partial charge on any atom is 0.338 e. The number of nitrogens with one attached hydrogen (secondary N) is 1. The zero-order valence-electron chi connectivity index (χ0n) is 15.2. The number of ether oxygens (including phenoxy) is 2. The van der Waals surface area contributed by atoms with Crippen LogP contribution in [-0.4, -0.2) is 30.2 Å². The van der Waals surface area contributed by atoms with Crippen LogP contribution in [0.1, 0.15) is 40.1 Å². The lowest BCUT2D eigenvalue weighted by atomic mass is 10.1. The Labute approximate surface area is 156 Å². The van der Waals surface area contributed by atoms with Gasteiger partial charge in [-0.3, -0.25) is 14.4 Å². The monoisotopic (exact) mass is 369 g/mol. The topological polar surface area (TPSA) is 98.8 Å². The van der Waals surface area contributed by atoms with E-state index in [0.29, 0.717) is 17.0 Å². The maximum atomic E-state index is 12.2. The summed E-state index contributed by atoms with van der Waals surface area (Å²) in [7, 11) is 0. The van der Waals surface area contributed by atoms with Gasteiger partial charge in [-0.25, -0.2) is 4.79 Å². The number of aryl methyl sites for hydroxylation is 1. The van der Waals surface area contributed by atoms with Gasteiger partial charge < -0.3 is 14.8 Å². The van der Waals surface area contributed by atoms with Crippen molar-refractivity contribution in [3.8, 4) is 5.75 Å². The third-order valence-electron chi connectivity index (χ3n) is 3.56. The first kappa shape index (κ1) is 19.8. The molecule has 0 saturated heterocycles. The van der Waals surface area contributed by atoms with Crippen molar-refractivity contribution in [3.05, 3.63) is 59.2 Å². The van der Waals surface area contributed by atoms with Crippen molar-refractivity contribution in [1.29, 1.82) is 0 Å². The molecule has 0 aromatic heterocycles. The van der Waals surface area contributed by atoms with Gasteiger partial charge in [0.2, 0.25) is 5.91 Å². The minimum Gasteiger partial charge on any atom is -0.454 e. The molecule has 140 valence electrons. The second-order valence-electron chi connectivity index (χ2n) is 5.83. The first-order chi connectivity index (χ1) is 12.8. The molecule has 7 nitrogen and oxygen atoms in total. The summed E-state index contributed by atoms with van der Waals surface area (Å²) in [6.45, 7) is 4.01. The average molecular weight is 369 g/mol. The van der Waals surface area contributed by atoms with Crippen LogP contribution in [0.2, 0.25) is 0 Å². The molecule has 0 aliphatic carbocycles. The van der Waals surface area contributed by atoms with Crippen LogP contribution in [-0.2, 0) is 14.3 Å². The summed E-state index contributed by atoms with van der Waals surface area (Å²) in [4.78, 5) is 46.4. The first-order valence-corrected chi connectivity index (χ1v) is 8.13. The van der Waals surface area contributed by atoms with E-state index in [2.05, 4.69) is 5.32 Å². The van der Waals surface area contributed by atoms with E-state index in [0.717, 1.165) is 5.56 Å². The third kappa shape index (κ3) is 5.78. The number of anilines is 1. The molecule has 0 fully saturated rings. The fourth-order valence-electron chi connectivity index (χ4n) is 2.25. The second-order valence-corrected chi connectivity index (χ2v) is 5.83. The fraction of sp³-hybridized carbons (Fsp3) is 0.200. The van der Waals surface area contributed by atoms with Gasteiger partial charge in [0.15, 0.2) is 12.4 Å². The fourth-order valence-corrected chi connectivity index (χ4v) is 2.25. The minimum atomic E-state index is -0.675. The number of esters is 2. The van der Waals surface area contributed by atoms with Crippen molar-refractivity contribution in [1.82, 2.24) is 0 Å². The normalized spacial score (nSPS) is 10.0. The van der Waals surface area contributed by atoms with Crippen molar-refractivity contribution >= 4 is 29.3 Å². The molecule has 0 radical (unpaired) electrons. The second kappa shape index (κ2) is 8.75. The van der Waals surface area contributed by atoms with Crippen molar-refractivity contribution in [2.45, 2.75) is 20.8 Å². The number of ketones is 1. The SMILES string of the molecule is CC(=O)Nc1cc(C(=O)OCC(=O)c2ccc(OC(C)=O)cc2)ccc1C. The van der Waals surface area contributed by atoms with E-state index in [1.54, 1.807) is 19.1 Å². The predicted molar refractivity (Wildman–Crippen MR) is 97.8 cm³/mol. The molecule has 2 aromatic carbocycles. The van der Waals surface area contributed by atoms with Crippen LogP contribution in [0.3, 0.4) is 0 Å². The molecule has 0 atom stereocenters. The Bertz CT molecular complexity index is 886. The Morgan fingerprint density at radius 2 is 1.56 bits per heavy atom. The van der Waals surface area contributed by atoms with Crippen LogP contribution in [0.5, 0.6) is 5.75 Å². The van der Waals surface area contributed by atoms with Crippen LogP contribution in [0.4, 0.5) is 5.69 Å². The number of carbonyl (C=O) groups excluding carboxylic acids is 4. The van der Waals surface area contributed by atoms with Crippen molar-refractivity contribution < 1.29 is 28.7 Å². The molecule has 0 heterocycles. The summed E-state index contributed by atoms with van der Waals surface area (Å²) in [5.74, 6) is -1.46. The van der Waals surface area contributed by atoms with E-state index in [-0.39, 0.29) is 11.5 Å². The molecule has 0 aliphatic rings. The Morgan fingerprint density at radius 1 is 0.926 bits per heavy atom. The molecule has 0 aliphatic heterocycles. The summed E-state index contributed by atoms with van der Waals surface area (Å²) >= 11 is 0. The summed E-state index contributed by atoms with van der Waals surface area (Å²) in [5, 5.41) is 2.63. The van der Waals surface area contributed by atoms with Gasteiger partial charge >= 0.3 is 11.9 Å². The molecule has 0 bridgehead atoms. The Balaban J connectivity index is 1.99. The van der Waals surface area contributed by atoms with E-state index in [9.17, 15) is 19.2 Å². The van der Waals surface area contributed by atoms with E-state index in [4.69, 9.17) is 9.47 Å². The van der Waals surface area contributed by atoms with E-state index >= 15 is 0 Å². The van der Waals surface area contributed by atoms with Crippen LogP contribution < -0.4 is 10.1 Å². The van der Waals surface area contributed by atoms with Gasteiger partial charge in [-0.15, -0.1) is 0 Å². The van der Waals surface area contributed by atoms with Gasteiger partial charge in [0.05, 0.1) is 5.56 Å². The van der Waals surface area contributed by atoms with E-state index < -0.39 is 24.3 Å². The number of benzene rings is 2. The summed E-state index contributed by atoms with van der Waals surface area (Å²) < 4.78 is 9.94. The lowest BCUT2D eigenvalue weighted by Gasteiger charge is -2.09. The predicted octanol–water partition coefficient (Wildman–Crippen LogP) is 2.92. The lowest BCUT2D eigenvalue weighted by Crippen LogP contribution is -2.15. The van der Waals surface area contributed by atoms with Gasteiger partial charge in [-0.1, -0.05) is 6.07 Å². The Kier molecular flexibility index (Phi) is 6.43. The molecule has 0 saturated carbocycles. The number of amides is 1. The largest absolute Gasteiger partial charge is 0.454 e.